The van der Waals surface area contributed by atoms with Crippen molar-refractivity contribution in [1.82, 2.24) is 0 Å². The molecule has 0 bridgehead atoms. The van der Waals surface area contributed by atoms with E-state index in [0.29, 0.717) is 6.26 Å². The smallest absolute Gasteiger partial charge is 0.427 e. The molecule has 0 atom stereocenters. The SMILES string of the molecule is NC(=O)/C(=C\OC(=O)C(F)(F)F)c1ccccc1. The number of benzene rings is 1. The van der Waals surface area contributed by atoms with E-state index in [1.165, 1.54) is 12.1 Å². The molecule has 2 N–H and O–H groups in total. The van der Waals surface area contributed by atoms with Crippen LogP contribution in [0.4, 0.5) is 13.2 Å². The predicted molar refractivity (Wildman–Crippen MR) is 55.8 cm³/mol. The molecule has 0 fully saturated rings. The zero-order chi connectivity index (χ0) is 13.8. The number of nitrogens with two attached hydrogens (primary N) is 1. The number of alkyl halides is 3. The lowest BCUT2D eigenvalue weighted by Gasteiger charge is -2.06. The minimum absolute atomic E-state index is 0.250. The summed E-state index contributed by atoms with van der Waals surface area (Å²) in [5, 5.41) is 0. The van der Waals surface area contributed by atoms with Crippen molar-refractivity contribution < 1.29 is 27.5 Å². The molecule has 0 aromatic heterocycles. The summed E-state index contributed by atoms with van der Waals surface area (Å²) in [6.07, 6.45) is -4.73. The summed E-state index contributed by atoms with van der Waals surface area (Å²) in [5.41, 5.74) is 4.91. The normalized spacial score (nSPS) is 12.1. The van der Waals surface area contributed by atoms with Crippen LogP contribution in [0.2, 0.25) is 0 Å². The van der Waals surface area contributed by atoms with E-state index in [4.69, 9.17) is 5.73 Å². The molecule has 0 unspecified atom stereocenters. The average Bonchev–Trinajstić information content (AvgIpc) is 2.28. The second-order valence-electron chi connectivity index (χ2n) is 3.16. The van der Waals surface area contributed by atoms with E-state index in [2.05, 4.69) is 4.74 Å². The van der Waals surface area contributed by atoms with Crippen LogP contribution in [0.25, 0.3) is 5.57 Å². The van der Waals surface area contributed by atoms with Gasteiger partial charge in [-0.3, -0.25) is 4.79 Å². The molecular formula is C11H8F3NO3. The summed E-state index contributed by atoms with van der Waals surface area (Å²) in [6.45, 7) is 0. The Morgan fingerprint density at radius 1 is 1.17 bits per heavy atom. The first-order valence-electron chi connectivity index (χ1n) is 4.65. The first kappa shape index (κ1) is 13.8. The minimum Gasteiger partial charge on any atom is -0.427 e. The van der Waals surface area contributed by atoms with Gasteiger partial charge in [-0.05, 0) is 5.56 Å². The molecule has 7 heteroatoms. The Labute approximate surface area is 99.8 Å². The highest BCUT2D eigenvalue weighted by atomic mass is 19.4. The van der Waals surface area contributed by atoms with Crippen LogP contribution in [0.1, 0.15) is 5.56 Å². The molecule has 0 saturated heterocycles. The van der Waals surface area contributed by atoms with Crippen molar-refractivity contribution in [3.63, 3.8) is 0 Å². The first-order valence-corrected chi connectivity index (χ1v) is 4.65. The van der Waals surface area contributed by atoms with Crippen molar-refractivity contribution in [2.45, 2.75) is 6.18 Å². The highest BCUT2D eigenvalue weighted by Crippen LogP contribution is 2.19. The van der Waals surface area contributed by atoms with E-state index in [-0.39, 0.29) is 11.1 Å². The molecule has 1 aromatic carbocycles. The number of amides is 1. The summed E-state index contributed by atoms with van der Waals surface area (Å²) >= 11 is 0. The molecule has 4 nitrogen and oxygen atoms in total. The van der Waals surface area contributed by atoms with Crippen molar-refractivity contribution >= 4 is 17.4 Å². The Morgan fingerprint density at radius 3 is 2.17 bits per heavy atom. The molecule has 0 aliphatic rings. The van der Waals surface area contributed by atoms with Crippen LogP contribution in [-0.2, 0) is 14.3 Å². The maximum atomic E-state index is 11.9. The second kappa shape index (κ2) is 5.35. The summed E-state index contributed by atoms with van der Waals surface area (Å²) in [4.78, 5) is 21.5. The summed E-state index contributed by atoms with van der Waals surface area (Å²) in [5.74, 6) is -3.42. The monoisotopic (exact) mass is 259 g/mol. The van der Waals surface area contributed by atoms with Crippen LogP contribution in [0, 0.1) is 0 Å². The second-order valence-corrected chi connectivity index (χ2v) is 3.16. The number of rotatable bonds is 3. The molecule has 18 heavy (non-hydrogen) atoms. The maximum absolute atomic E-state index is 11.9. The molecule has 1 rings (SSSR count). The summed E-state index contributed by atoms with van der Waals surface area (Å²) in [7, 11) is 0. The van der Waals surface area contributed by atoms with Crippen LogP contribution in [-0.4, -0.2) is 18.1 Å². The molecule has 1 aromatic rings. The Hall–Kier alpha value is -2.31. The third kappa shape index (κ3) is 3.62. The number of primary amides is 1. The van der Waals surface area contributed by atoms with Gasteiger partial charge >= 0.3 is 12.1 Å². The summed E-state index contributed by atoms with van der Waals surface area (Å²) < 4.78 is 39.5. The number of esters is 1. The van der Waals surface area contributed by atoms with Gasteiger partial charge in [-0.2, -0.15) is 13.2 Å². The van der Waals surface area contributed by atoms with Gasteiger partial charge in [-0.15, -0.1) is 0 Å². The van der Waals surface area contributed by atoms with Gasteiger partial charge in [0.05, 0.1) is 5.57 Å². The van der Waals surface area contributed by atoms with Gasteiger partial charge in [0.25, 0.3) is 5.91 Å². The Bertz CT molecular complexity index is 480. The lowest BCUT2D eigenvalue weighted by Crippen LogP contribution is -2.24. The standard InChI is InChI=1S/C11H8F3NO3/c12-11(13,14)10(17)18-6-8(9(15)16)7-4-2-1-3-5-7/h1-6H,(H2,15,16)/b8-6-. The molecule has 0 aliphatic carbocycles. The minimum atomic E-state index is -5.13. The fourth-order valence-electron chi connectivity index (χ4n) is 1.07. The van der Waals surface area contributed by atoms with Gasteiger partial charge in [0.2, 0.25) is 0 Å². The third-order valence-electron chi connectivity index (χ3n) is 1.87. The van der Waals surface area contributed by atoms with Gasteiger partial charge in [-0.1, -0.05) is 30.3 Å². The molecule has 1 amide bonds. The van der Waals surface area contributed by atoms with E-state index in [9.17, 15) is 22.8 Å². The van der Waals surface area contributed by atoms with Crippen LogP contribution >= 0.6 is 0 Å². The van der Waals surface area contributed by atoms with Crippen molar-refractivity contribution in [1.29, 1.82) is 0 Å². The number of carbonyl (C=O) groups is 2. The molecule has 0 heterocycles. The van der Waals surface area contributed by atoms with E-state index in [0.717, 1.165) is 0 Å². The largest absolute Gasteiger partial charge is 0.491 e. The van der Waals surface area contributed by atoms with E-state index in [1.807, 2.05) is 0 Å². The topological polar surface area (TPSA) is 69.4 Å². The first-order chi connectivity index (χ1) is 8.32. The highest BCUT2D eigenvalue weighted by molar-refractivity contribution is 6.18. The van der Waals surface area contributed by atoms with E-state index >= 15 is 0 Å². The van der Waals surface area contributed by atoms with Gasteiger partial charge in [0.1, 0.15) is 6.26 Å². The number of halogens is 3. The van der Waals surface area contributed by atoms with Gasteiger partial charge < -0.3 is 10.5 Å². The highest BCUT2D eigenvalue weighted by Gasteiger charge is 2.40. The fraction of sp³-hybridized carbons (Fsp3) is 0.0909. The molecule has 0 aliphatic heterocycles. The van der Waals surface area contributed by atoms with Crippen LogP contribution < -0.4 is 5.73 Å². The average molecular weight is 259 g/mol. The molecule has 0 spiro atoms. The van der Waals surface area contributed by atoms with Crippen LogP contribution in [0.5, 0.6) is 0 Å². The summed E-state index contributed by atoms with van der Waals surface area (Å²) in [6, 6.07) is 7.63. The lowest BCUT2D eigenvalue weighted by molar-refractivity contribution is -0.193. The molecule has 96 valence electrons. The molecular weight excluding hydrogens is 251 g/mol. The Kier molecular flexibility index (Phi) is 4.09. The predicted octanol–water partition coefficient (Wildman–Crippen LogP) is 1.62. The Balaban J connectivity index is 2.95. The maximum Gasteiger partial charge on any atom is 0.491 e. The number of ether oxygens (including phenoxy) is 1. The van der Waals surface area contributed by atoms with Crippen molar-refractivity contribution in [2.24, 2.45) is 5.73 Å². The van der Waals surface area contributed by atoms with Crippen LogP contribution in [0.15, 0.2) is 36.6 Å². The number of hydrogen-bond acceptors (Lipinski definition) is 3. The van der Waals surface area contributed by atoms with Gasteiger partial charge in [0, 0.05) is 0 Å². The number of hydrogen-bond donors (Lipinski definition) is 1. The third-order valence-corrected chi connectivity index (χ3v) is 1.87. The lowest BCUT2D eigenvalue weighted by atomic mass is 10.1. The van der Waals surface area contributed by atoms with Gasteiger partial charge in [0.15, 0.2) is 0 Å². The number of carbonyl (C=O) groups excluding carboxylic acids is 2. The molecule has 0 radical (unpaired) electrons. The quantitative estimate of drug-likeness (QED) is 0.509. The fourth-order valence-corrected chi connectivity index (χ4v) is 1.07. The van der Waals surface area contributed by atoms with Crippen molar-refractivity contribution in [3.8, 4) is 0 Å². The van der Waals surface area contributed by atoms with Crippen molar-refractivity contribution in [3.05, 3.63) is 42.2 Å². The van der Waals surface area contributed by atoms with Crippen molar-refractivity contribution in [2.75, 3.05) is 0 Å². The molecule has 0 saturated carbocycles. The van der Waals surface area contributed by atoms with E-state index in [1.54, 1.807) is 18.2 Å². The van der Waals surface area contributed by atoms with Crippen LogP contribution in [0.3, 0.4) is 0 Å². The zero-order valence-electron chi connectivity index (χ0n) is 8.90. The Morgan fingerprint density at radius 2 is 1.72 bits per heavy atom. The van der Waals surface area contributed by atoms with Gasteiger partial charge in [-0.25, -0.2) is 4.79 Å². The van der Waals surface area contributed by atoms with E-state index < -0.39 is 18.1 Å². The zero-order valence-corrected chi connectivity index (χ0v) is 8.90.